The topological polar surface area (TPSA) is 94.6 Å². The molecule has 0 saturated carbocycles. The number of thioether (sulfide) groups is 1. The lowest BCUT2D eigenvalue weighted by molar-refractivity contribution is 0.0992. The Morgan fingerprint density at radius 1 is 1.59 bits per heavy atom. The van der Waals surface area contributed by atoms with Gasteiger partial charge in [-0.2, -0.15) is 16.1 Å². The minimum atomic E-state index is -3.68. The van der Waals surface area contributed by atoms with Crippen LogP contribution in [-0.4, -0.2) is 61.0 Å². The Balaban J connectivity index is 2.35. The van der Waals surface area contributed by atoms with Crippen molar-refractivity contribution in [1.29, 1.82) is 0 Å². The molecular formula is C13H21N3O4S2. The van der Waals surface area contributed by atoms with E-state index in [1.807, 2.05) is 0 Å². The fourth-order valence-corrected chi connectivity index (χ4v) is 5.51. The van der Waals surface area contributed by atoms with Gasteiger partial charge in [0.25, 0.3) is 5.91 Å². The summed E-state index contributed by atoms with van der Waals surface area (Å²) in [6.45, 7) is 0.626. The van der Waals surface area contributed by atoms with Crippen LogP contribution >= 0.6 is 11.8 Å². The molecule has 1 amide bonds. The van der Waals surface area contributed by atoms with Crippen molar-refractivity contribution < 1.29 is 17.9 Å². The minimum Gasteiger partial charge on any atom is -0.383 e. The Bertz CT molecular complexity index is 636. The second-order valence-electron chi connectivity index (χ2n) is 5.16. The van der Waals surface area contributed by atoms with Gasteiger partial charge in [0.05, 0.1) is 6.61 Å². The summed E-state index contributed by atoms with van der Waals surface area (Å²) in [5.41, 5.74) is 5.43. The molecule has 1 aliphatic heterocycles. The van der Waals surface area contributed by atoms with Crippen molar-refractivity contribution in [2.24, 2.45) is 12.8 Å². The molecule has 1 fully saturated rings. The molecule has 1 aromatic rings. The summed E-state index contributed by atoms with van der Waals surface area (Å²) in [6, 6.07) is 1.29. The van der Waals surface area contributed by atoms with Gasteiger partial charge in [-0.25, -0.2) is 8.42 Å². The molecule has 1 aliphatic rings. The van der Waals surface area contributed by atoms with E-state index in [0.29, 0.717) is 13.2 Å². The van der Waals surface area contributed by atoms with Gasteiger partial charge in [0, 0.05) is 38.7 Å². The van der Waals surface area contributed by atoms with Crippen molar-refractivity contribution in [3.63, 3.8) is 0 Å². The molecule has 2 N–H and O–H groups in total. The number of methoxy groups -OCH3 is 1. The fraction of sp³-hybridized carbons (Fsp3) is 0.615. The summed E-state index contributed by atoms with van der Waals surface area (Å²) < 4.78 is 33.8. The van der Waals surface area contributed by atoms with Crippen molar-refractivity contribution >= 4 is 27.7 Å². The zero-order chi connectivity index (χ0) is 16.3. The standard InChI is InChI=1S/C13H21N3O4S2/c1-15-8-11(7-12(15)13(14)17)22(18,19)16(4-5-20-2)10-3-6-21-9-10/h7-8,10H,3-6,9H2,1-2H3,(H2,14,17)/t10-/m1/s1. The molecule has 7 nitrogen and oxygen atoms in total. The van der Waals surface area contributed by atoms with Gasteiger partial charge in [-0.3, -0.25) is 4.79 Å². The maximum Gasteiger partial charge on any atom is 0.265 e. The Kier molecular flexibility index (Phi) is 5.54. The van der Waals surface area contributed by atoms with Gasteiger partial charge < -0.3 is 15.0 Å². The van der Waals surface area contributed by atoms with Crippen molar-refractivity contribution in [2.75, 3.05) is 31.8 Å². The number of aromatic nitrogens is 1. The molecule has 9 heteroatoms. The van der Waals surface area contributed by atoms with E-state index in [1.165, 1.54) is 21.1 Å². The largest absolute Gasteiger partial charge is 0.383 e. The summed E-state index contributed by atoms with van der Waals surface area (Å²) in [7, 11) is -0.536. The van der Waals surface area contributed by atoms with E-state index < -0.39 is 15.9 Å². The first kappa shape index (κ1) is 17.3. The van der Waals surface area contributed by atoms with Crippen LogP contribution in [0, 0.1) is 0 Å². The SMILES string of the molecule is COCCN([C@@H]1CCSC1)S(=O)(=O)c1cc(C(N)=O)n(C)c1. The molecule has 0 unspecified atom stereocenters. The molecular weight excluding hydrogens is 326 g/mol. The van der Waals surface area contributed by atoms with Crippen LogP contribution in [-0.2, 0) is 21.8 Å². The number of hydrogen-bond donors (Lipinski definition) is 1. The number of primary amides is 1. The zero-order valence-corrected chi connectivity index (χ0v) is 14.3. The number of aryl methyl sites for hydroxylation is 1. The molecule has 0 spiro atoms. The number of hydrogen-bond acceptors (Lipinski definition) is 5. The molecule has 1 saturated heterocycles. The lowest BCUT2D eigenvalue weighted by Gasteiger charge is -2.26. The molecule has 22 heavy (non-hydrogen) atoms. The van der Waals surface area contributed by atoms with Crippen LogP contribution in [0.2, 0.25) is 0 Å². The van der Waals surface area contributed by atoms with Crippen molar-refractivity contribution in [1.82, 2.24) is 8.87 Å². The van der Waals surface area contributed by atoms with Crippen LogP contribution in [0.1, 0.15) is 16.9 Å². The first-order chi connectivity index (χ1) is 10.4. The summed E-state index contributed by atoms with van der Waals surface area (Å²) in [5, 5.41) is 0. The molecule has 2 heterocycles. The predicted octanol–water partition coefficient (Wildman–Crippen LogP) is 0.267. The first-order valence-corrected chi connectivity index (χ1v) is 9.52. The quantitative estimate of drug-likeness (QED) is 0.764. The van der Waals surface area contributed by atoms with Crippen molar-refractivity contribution in [2.45, 2.75) is 17.4 Å². The van der Waals surface area contributed by atoms with E-state index >= 15 is 0 Å². The Morgan fingerprint density at radius 2 is 2.32 bits per heavy atom. The van der Waals surface area contributed by atoms with Crippen LogP contribution in [0.5, 0.6) is 0 Å². The highest BCUT2D eigenvalue weighted by Crippen LogP contribution is 2.28. The van der Waals surface area contributed by atoms with E-state index in [2.05, 4.69) is 0 Å². The van der Waals surface area contributed by atoms with E-state index in [9.17, 15) is 13.2 Å². The summed E-state index contributed by atoms with van der Waals surface area (Å²) >= 11 is 1.74. The molecule has 0 bridgehead atoms. The Labute approximate surface area is 134 Å². The average molecular weight is 347 g/mol. The number of sulfonamides is 1. The van der Waals surface area contributed by atoms with Gasteiger partial charge in [0.15, 0.2) is 0 Å². The number of ether oxygens (including phenoxy) is 1. The van der Waals surface area contributed by atoms with Gasteiger partial charge in [-0.15, -0.1) is 0 Å². The molecule has 2 rings (SSSR count). The van der Waals surface area contributed by atoms with Gasteiger partial charge in [0.2, 0.25) is 10.0 Å². The summed E-state index contributed by atoms with van der Waals surface area (Å²) in [5.74, 6) is 1.08. The third-order valence-corrected chi connectivity index (χ3v) is 6.73. The summed E-state index contributed by atoms with van der Waals surface area (Å²) in [4.78, 5) is 11.4. The fourth-order valence-electron chi connectivity index (χ4n) is 2.49. The van der Waals surface area contributed by atoms with Crippen LogP contribution in [0.3, 0.4) is 0 Å². The number of nitrogens with two attached hydrogens (primary N) is 1. The highest BCUT2D eigenvalue weighted by Gasteiger charge is 2.34. The Hall–Kier alpha value is -1.03. The van der Waals surface area contributed by atoms with E-state index in [-0.39, 0.29) is 16.6 Å². The summed E-state index contributed by atoms with van der Waals surface area (Å²) in [6.07, 6.45) is 2.25. The predicted molar refractivity (Wildman–Crippen MR) is 85.4 cm³/mol. The highest BCUT2D eigenvalue weighted by atomic mass is 32.2. The third-order valence-electron chi connectivity index (χ3n) is 3.67. The van der Waals surface area contributed by atoms with Gasteiger partial charge >= 0.3 is 0 Å². The maximum absolute atomic E-state index is 12.9. The van der Waals surface area contributed by atoms with Gasteiger partial charge in [-0.1, -0.05) is 0 Å². The molecule has 124 valence electrons. The second kappa shape index (κ2) is 7.03. The molecule has 0 aromatic carbocycles. The molecule has 0 aliphatic carbocycles. The van der Waals surface area contributed by atoms with Gasteiger partial charge in [-0.05, 0) is 18.2 Å². The van der Waals surface area contributed by atoms with E-state index in [4.69, 9.17) is 10.5 Å². The minimum absolute atomic E-state index is 0.0395. The number of rotatable bonds is 7. The van der Waals surface area contributed by atoms with Crippen LogP contribution in [0.15, 0.2) is 17.2 Å². The number of carbonyl (C=O) groups excluding carboxylic acids is 1. The first-order valence-electron chi connectivity index (χ1n) is 6.92. The van der Waals surface area contributed by atoms with Crippen LogP contribution < -0.4 is 5.73 Å². The lowest BCUT2D eigenvalue weighted by atomic mass is 10.3. The van der Waals surface area contributed by atoms with Crippen molar-refractivity contribution in [3.8, 4) is 0 Å². The zero-order valence-electron chi connectivity index (χ0n) is 12.7. The monoisotopic (exact) mass is 347 g/mol. The number of amides is 1. The van der Waals surface area contributed by atoms with E-state index in [0.717, 1.165) is 17.9 Å². The normalized spacial score (nSPS) is 19.0. The average Bonchev–Trinajstić information content (AvgIpc) is 3.08. The Morgan fingerprint density at radius 3 is 2.82 bits per heavy atom. The number of nitrogens with zero attached hydrogens (tertiary/aromatic N) is 2. The van der Waals surface area contributed by atoms with Crippen LogP contribution in [0.25, 0.3) is 0 Å². The van der Waals surface area contributed by atoms with Crippen molar-refractivity contribution in [3.05, 3.63) is 18.0 Å². The van der Waals surface area contributed by atoms with E-state index in [1.54, 1.807) is 25.9 Å². The smallest absolute Gasteiger partial charge is 0.265 e. The molecule has 1 atom stereocenters. The molecule has 1 aromatic heterocycles. The van der Waals surface area contributed by atoms with Crippen LogP contribution in [0.4, 0.5) is 0 Å². The third kappa shape index (κ3) is 3.48. The molecule has 0 radical (unpaired) electrons. The maximum atomic E-state index is 12.9. The lowest BCUT2D eigenvalue weighted by Crippen LogP contribution is -2.42. The van der Waals surface area contributed by atoms with Gasteiger partial charge in [0.1, 0.15) is 10.6 Å². The second-order valence-corrected chi connectivity index (χ2v) is 8.20. The highest BCUT2D eigenvalue weighted by molar-refractivity contribution is 7.99. The number of carbonyl (C=O) groups is 1.